The fourth-order valence-electron chi connectivity index (χ4n) is 0.0619. The Morgan fingerprint density at radius 2 is 1.86 bits per heavy atom. The monoisotopic (exact) mass is 161 g/mol. The molecule has 0 atom stereocenters. The van der Waals surface area contributed by atoms with E-state index >= 15 is 0 Å². The maximum absolute atomic E-state index is 10.9. The lowest BCUT2D eigenvalue weighted by Crippen LogP contribution is -1.92. The van der Waals surface area contributed by atoms with Crippen molar-refractivity contribution in [2.24, 2.45) is 0 Å². The summed E-state index contributed by atoms with van der Waals surface area (Å²) in [5.74, 6) is 0. The van der Waals surface area contributed by atoms with Gasteiger partial charge in [0.1, 0.15) is 0 Å². The van der Waals surface area contributed by atoms with E-state index in [9.17, 15) is 4.39 Å². The fourth-order valence-corrected chi connectivity index (χ4v) is 0.186. The van der Waals surface area contributed by atoms with Gasteiger partial charge in [-0.3, -0.25) is 0 Å². The zero-order valence-corrected chi connectivity index (χ0v) is 5.36. The molecule has 0 aromatic carbocycles. The molecule has 0 amide bonds. The maximum atomic E-state index is 10.9. The molecular weight excluding hydrogens is 161 g/mol. The van der Waals surface area contributed by atoms with Gasteiger partial charge < -0.3 is 0 Å². The second-order valence-corrected chi connectivity index (χ2v) is 3.16. The molecule has 0 aliphatic carbocycles. The minimum Gasteiger partial charge on any atom is -0.204 e. The largest absolute Gasteiger partial charge is 0.212 e. The molecule has 7 heavy (non-hydrogen) atoms. The highest BCUT2D eigenvalue weighted by Gasteiger charge is 2.13. The van der Waals surface area contributed by atoms with E-state index in [1.807, 2.05) is 0 Å². The summed E-state index contributed by atoms with van der Waals surface area (Å²) in [5.41, 5.74) is 0. The standard InChI is InChI=1S/C3HCl3F/c4-3(5,6)1-2-7/h1H. The molecule has 0 aromatic rings. The molecule has 0 aliphatic heterocycles. The third kappa shape index (κ3) is 6.54. The summed E-state index contributed by atoms with van der Waals surface area (Å²) >= 11 is 15.0. The van der Waals surface area contributed by atoms with Gasteiger partial charge >= 0.3 is 0 Å². The Balaban J connectivity index is 3.56. The summed E-state index contributed by atoms with van der Waals surface area (Å²) in [6, 6.07) is 0. The van der Waals surface area contributed by atoms with Gasteiger partial charge in [0.05, 0.1) is 0 Å². The Morgan fingerprint density at radius 3 is 1.86 bits per heavy atom. The van der Waals surface area contributed by atoms with Gasteiger partial charge in [0, 0.05) is 6.08 Å². The topological polar surface area (TPSA) is 0 Å². The zero-order valence-electron chi connectivity index (χ0n) is 3.09. The van der Waals surface area contributed by atoms with Gasteiger partial charge in [0.25, 0.3) is 0 Å². The first-order valence-electron chi connectivity index (χ1n) is 1.33. The molecule has 0 rings (SSSR count). The molecule has 4 heteroatoms. The van der Waals surface area contributed by atoms with Crippen molar-refractivity contribution < 1.29 is 4.39 Å². The van der Waals surface area contributed by atoms with Crippen molar-refractivity contribution in [3.05, 3.63) is 12.4 Å². The van der Waals surface area contributed by atoms with Gasteiger partial charge in [0.15, 0.2) is 6.33 Å². The van der Waals surface area contributed by atoms with E-state index in [-0.39, 0.29) is 0 Å². The Labute approximate surface area is 55.9 Å². The van der Waals surface area contributed by atoms with E-state index in [0.717, 1.165) is 6.33 Å². The smallest absolute Gasteiger partial charge is 0.204 e. The molecule has 0 aromatic heterocycles. The fraction of sp³-hybridized carbons (Fsp3) is 0.333. The molecule has 0 aliphatic rings. The van der Waals surface area contributed by atoms with Crippen molar-refractivity contribution >= 4 is 34.8 Å². The van der Waals surface area contributed by atoms with Crippen LogP contribution >= 0.6 is 34.8 Å². The van der Waals surface area contributed by atoms with Crippen LogP contribution in [0.25, 0.3) is 0 Å². The molecule has 0 saturated heterocycles. The third-order valence-corrected chi connectivity index (χ3v) is 0.546. The lowest BCUT2D eigenvalue weighted by molar-refractivity contribution is 0.679. The molecule has 0 heterocycles. The predicted octanol–water partition coefficient (Wildman–Crippen LogP) is 2.64. The van der Waals surface area contributed by atoms with Crippen LogP contribution in [0.3, 0.4) is 0 Å². The van der Waals surface area contributed by atoms with E-state index < -0.39 is 3.79 Å². The quantitative estimate of drug-likeness (QED) is 0.480. The Bertz CT molecular complexity index is 72.7. The van der Waals surface area contributed by atoms with Crippen molar-refractivity contribution in [3.63, 3.8) is 0 Å². The van der Waals surface area contributed by atoms with Crippen LogP contribution in [-0.2, 0) is 0 Å². The third-order valence-electron chi connectivity index (χ3n) is 0.218. The normalized spacial score (nSPS) is 13.1. The summed E-state index contributed by atoms with van der Waals surface area (Å²) in [6.45, 7) is 0. The molecule has 0 unspecified atom stereocenters. The Kier molecular flexibility index (Phi) is 2.96. The van der Waals surface area contributed by atoms with Gasteiger partial charge in [-0.2, -0.15) is 0 Å². The summed E-state index contributed by atoms with van der Waals surface area (Å²) in [7, 11) is 0. The van der Waals surface area contributed by atoms with E-state index in [0.29, 0.717) is 6.08 Å². The SMILES string of the molecule is F/[C]=C/C(Cl)(Cl)Cl. The average molecular weight is 162 g/mol. The molecule has 41 valence electrons. The number of rotatable bonds is 0. The van der Waals surface area contributed by atoms with E-state index in [1.54, 1.807) is 0 Å². The first kappa shape index (κ1) is 7.54. The molecular formula is C3HCl3F. The summed E-state index contributed by atoms with van der Waals surface area (Å²) < 4.78 is 9.29. The molecule has 0 nitrogen and oxygen atoms in total. The second-order valence-electron chi connectivity index (χ2n) is 0.795. The number of allylic oxidation sites excluding steroid dienone is 1. The van der Waals surface area contributed by atoms with Crippen LogP contribution in [0.4, 0.5) is 4.39 Å². The van der Waals surface area contributed by atoms with E-state index in [2.05, 4.69) is 0 Å². The van der Waals surface area contributed by atoms with Crippen LogP contribution < -0.4 is 0 Å². The Hall–Kier alpha value is 0.540. The lowest BCUT2D eigenvalue weighted by atomic mass is 10.7. The van der Waals surface area contributed by atoms with Crippen molar-refractivity contribution in [3.8, 4) is 0 Å². The lowest BCUT2D eigenvalue weighted by Gasteiger charge is -1.97. The van der Waals surface area contributed by atoms with Crippen LogP contribution in [0.15, 0.2) is 6.08 Å². The molecule has 0 saturated carbocycles. The van der Waals surface area contributed by atoms with Crippen LogP contribution in [0.5, 0.6) is 0 Å². The van der Waals surface area contributed by atoms with Crippen molar-refractivity contribution in [1.29, 1.82) is 0 Å². The zero-order chi connectivity index (χ0) is 5.91. The molecule has 0 spiro atoms. The van der Waals surface area contributed by atoms with Gasteiger partial charge in [-0.15, -0.1) is 0 Å². The average Bonchev–Trinajstić information content (AvgIpc) is 1.30. The maximum Gasteiger partial charge on any atom is 0.212 e. The Morgan fingerprint density at radius 1 is 1.43 bits per heavy atom. The first-order chi connectivity index (χ1) is 3.06. The van der Waals surface area contributed by atoms with E-state index in [4.69, 9.17) is 34.8 Å². The first-order valence-corrected chi connectivity index (χ1v) is 2.47. The predicted molar refractivity (Wildman–Crippen MR) is 29.2 cm³/mol. The number of hydrogen-bond acceptors (Lipinski definition) is 0. The highest BCUT2D eigenvalue weighted by Crippen LogP contribution is 2.26. The number of alkyl halides is 3. The van der Waals surface area contributed by atoms with E-state index in [1.165, 1.54) is 0 Å². The number of hydrogen-bond donors (Lipinski definition) is 0. The molecule has 0 fully saturated rings. The molecule has 1 radical (unpaired) electrons. The van der Waals surface area contributed by atoms with Gasteiger partial charge in [-0.1, -0.05) is 34.8 Å². The van der Waals surface area contributed by atoms with Crippen LogP contribution in [0, 0.1) is 6.33 Å². The minimum absolute atomic E-state index is 0.692. The van der Waals surface area contributed by atoms with Crippen molar-refractivity contribution in [2.75, 3.05) is 0 Å². The van der Waals surface area contributed by atoms with Crippen molar-refractivity contribution in [1.82, 2.24) is 0 Å². The van der Waals surface area contributed by atoms with Crippen LogP contribution in [0.2, 0.25) is 0 Å². The highest BCUT2D eigenvalue weighted by atomic mass is 35.6. The molecule has 0 bridgehead atoms. The second kappa shape index (κ2) is 2.75. The highest BCUT2D eigenvalue weighted by molar-refractivity contribution is 6.68. The minimum atomic E-state index is -1.64. The van der Waals surface area contributed by atoms with Gasteiger partial charge in [0.2, 0.25) is 3.79 Å². The van der Waals surface area contributed by atoms with Crippen LogP contribution in [0.1, 0.15) is 0 Å². The van der Waals surface area contributed by atoms with Crippen LogP contribution in [-0.4, -0.2) is 3.79 Å². The number of halogens is 4. The summed E-state index contributed by atoms with van der Waals surface area (Å²) in [6.07, 6.45) is 1.78. The van der Waals surface area contributed by atoms with Crippen molar-refractivity contribution in [2.45, 2.75) is 3.79 Å². The van der Waals surface area contributed by atoms with Gasteiger partial charge in [-0.05, 0) is 0 Å². The van der Waals surface area contributed by atoms with Gasteiger partial charge in [-0.25, -0.2) is 4.39 Å². The summed E-state index contributed by atoms with van der Waals surface area (Å²) in [4.78, 5) is 0. The molecule has 0 N–H and O–H groups in total. The summed E-state index contributed by atoms with van der Waals surface area (Å²) in [5, 5.41) is 0.